The number of rotatable bonds is 5. The van der Waals surface area contributed by atoms with Crippen molar-refractivity contribution in [2.24, 2.45) is 5.92 Å². The van der Waals surface area contributed by atoms with Gasteiger partial charge in [-0.25, -0.2) is 4.79 Å². The van der Waals surface area contributed by atoms with Gasteiger partial charge in [0.1, 0.15) is 17.6 Å². The van der Waals surface area contributed by atoms with Crippen LogP contribution in [-0.2, 0) is 0 Å². The highest BCUT2D eigenvalue weighted by molar-refractivity contribution is 5.93. The Balaban J connectivity index is 2.00. The van der Waals surface area contributed by atoms with E-state index in [2.05, 4.69) is 15.0 Å². The van der Waals surface area contributed by atoms with Crippen molar-refractivity contribution in [1.29, 1.82) is 5.26 Å². The quantitative estimate of drug-likeness (QED) is 0.674. The Morgan fingerprint density at radius 1 is 1.30 bits per heavy atom. The summed E-state index contributed by atoms with van der Waals surface area (Å²) in [6.07, 6.45) is -2.84. The summed E-state index contributed by atoms with van der Waals surface area (Å²) in [5.41, 5.74) is 0.449. The van der Waals surface area contributed by atoms with Crippen LogP contribution >= 0.6 is 0 Å². The third kappa shape index (κ3) is 3.94. The van der Waals surface area contributed by atoms with E-state index in [4.69, 9.17) is 0 Å². The fourth-order valence-electron chi connectivity index (χ4n) is 3.29. The molecule has 1 aliphatic carbocycles. The fourth-order valence-corrected chi connectivity index (χ4v) is 3.29. The van der Waals surface area contributed by atoms with Crippen LogP contribution in [0.25, 0.3) is 16.6 Å². The molecule has 0 atom stereocenters. The van der Waals surface area contributed by atoms with E-state index in [0.29, 0.717) is 23.5 Å². The molecule has 6 nitrogen and oxygen atoms in total. The first kappa shape index (κ1) is 19.8. The molecule has 1 N–H and O–H groups in total. The second-order valence-electron chi connectivity index (χ2n) is 7.21. The number of nitriles is 1. The molecule has 2 aromatic carbocycles. The summed E-state index contributed by atoms with van der Waals surface area (Å²) in [5, 5.41) is 12.8. The number of nitrogens with zero attached hydrogens (tertiary/aromatic N) is 3. The van der Waals surface area contributed by atoms with E-state index in [0.717, 1.165) is 24.5 Å². The van der Waals surface area contributed by atoms with Gasteiger partial charge < -0.3 is 10.1 Å². The first-order valence-electron chi connectivity index (χ1n) is 9.33. The molecule has 0 aliphatic heterocycles. The predicted molar refractivity (Wildman–Crippen MR) is 105 cm³/mol. The molecule has 154 valence electrons. The lowest BCUT2D eigenvalue weighted by atomic mass is 10.1. The number of hydrogen-bond donors (Lipinski definition) is 1. The van der Waals surface area contributed by atoms with E-state index in [9.17, 15) is 23.2 Å². The van der Waals surface area contributed by atoms with Gasteiger partial charge >= 0.3 is 12.1 Å². The topological polar surface area (TPSA) is 79.9 Å². The second kappa shape index (κ2) is 7.37. The van der Waals surface area contributed by atoms with Crippen LogP contribution in [0.4, 0.5) is 19.0 Å². The van der Waals surface area contributed by atoms with Crippen molar-refractivity contribution >= 4 is 16.7 Å². The van der Waals surface area contributed by atoms with E-state index in [-0.39, 0.29) is 16.9 Å². The van der Waals surface area contributed by atoms with Crippen molar-refractivity contribution in [3.8, 4) is 17.5 Å². The van der Waals surface area contributed by atoms with Gasteiger partial charge in [0, 0.05) is 18.0 Å². The number of ether oxygens (including phenoxy) is 1. The monoisotopic (exact) mass is 414 g/mol. The number of fused-ring (bicyclic) bond motifs is 1. The number of para-hydroxylation sites is 1. The molecule has 1 fully saturated rings. The van der Waals surface area contributed by atoms with E-state index < -0.39 is 17.8 Å². The maximum atomic E-state index is 12.9. The van der Waals surface area contributed by atoms with Gasteiger partial charge in [0.25, 0.3) is 0 Å². The van der Waals surface area contributed by atoms with Crippen molar-refractivity contribution in [2.75, 3.05) is 11.9 Å². The Labute approximate surface area is 169 Å². The van der Waals surface area contributed by atoms with Gasteiger partial charge in [-0.2, -0.15) is 10.2 Å². The average Bonchev–Trinajstić information content (AvgIpc) is 3.50. The Hall–Kier alpha value is -3.54. The molecule has 9 heteroatoms. The maximum Gasteiger partial charge on any atom is 0.573 e. The molecule has 0 radical (unpaired) electrons. The summed E-state index contributed by atoms with van der Waals surface area (Å²) < 4.78 is 44.0. The highest BCUT2D eigenvalue weighted by atomic mass is 19.4. The maximum absolute atomic E-state index is 12.9. The van der Waals surface area contributed by atoms with Gasteiger partial charge in [-0.15, -0.1) is 13.2 Å². The molecule has 0 saturated heterocycles. The SMILES string of the molecule is Cc1ccccc1-n1c(=O)nc(NCC2CC2)c2cc(C#N)c(OC(F)(F)F)cc21. The Kier molecular flexibility index (Phi) is 4.86. The number of anilines is 1. The second-order valence-corrected chi connectivity index (χ2v) is 7.21. The largest absolute Gasteiger partial charge is 0.573 e. The Morgan fingerprint density at radius 3 is 2.67 bits per heavy atom. The third-order valence-corrected chi connectivity index (χ3v) is 4.95. The van der Waals surface area contributed by atoms with Crippen LogP contribution < -0.4 is 15.7 Å². The molecule has 4 rings (SSSR count). The highest BCUT2D eigenvalue weighted by Crippen LogP contribution is 2.34. The molecule has 1 aromatic heterocycles. The predicted octanol–water partition coefficient (Wildman–Crippen LogP) is 4.29. The lowest BCUT2D eigenvalue weighted by Gasteiger charge is -2.17. The van der Waals surface area contributed by atoms with Crippen molar-refractivity contribution < 1.29 is 17.9 Å². The van der Waals surface area contributed by atoms with Crippen LogP contribution in [0.1, 0.15) is 24.0 Å². The summed E-state index contributed by atoms with van der Waals surface area (Å²) in [6.45, 7) is 2.38. The third-order valence-electron chi connectivity index (χ3n) is 4.95. The van der Waals surface area contributed by atoms with Gasteiger partial charge in [0.15, 0.2) is 0 Å². The molecule has 0 bridgehead atoms. The number of alkyl halides is 3. The summed E-state index contributed by atoms with van der Waals surface area (Å²) in [7, 11) is 0. The standard InChI is InChI=1S/C21H17F3N4O2/c1-12-4-2-3-5-16(12)28-17-9-18(30-21(22,23)24)14(10-25)8-15(17)19(27-20(28)29)26-11-13-6-7-13/h2-5,8-9,13H,6-7,11H2,1H3,(H,26,27,29). The number of hydrogen-bond acceptors (Lipinski definition) is 5. The Morgan fingerprint density at radius 2 is 2.03 bits per heavy atom. The zero-order valence-corrected chi connectivity index (χ0v) is 16.0. The van der Waals surface area contributed by atoms with Crippen LogP contribution in [0.2, 0.25) is 0 Å². The van der Waals surface area contributed by atoms with Crippen molar-refractivity contribution in [1.82, 2.24) is 9.55 Å². The van der Waals surface area contributed by atoms with Gasteiger partial charge in [0.2, 0.25) is 0 Å². The van der Waals surface area contributed by atoms with Crippen LogP contribution in [0, 0.1) is 24.2 Å². The summed E-state index contributed by atoms with van der Waals surface area (Å²) in [6, 6.07) is 11.0. The van der Waals surface area contributed by atoms with Crippen molar-refractivity contribution in [3.63, 3.8) is 0 Å². The Bertz CT molecular complexity index is 1220. The molecule has 1 aliphatic rings. The molecule has 0 unspecified atom stereocenters. The highest BCUT2D eigenvalue weighted by Gasteiger charge is 2.33. The average molecular weight is 414 g/mol. The number of aryl methyl sites for hydroxylation is 1. The molecule has 3 aromatic rings. The number of benzene rings is 2. The summed E-state index contributed by atoms with van der Waals surface area (Å²) in [5.74, 6) is 0.0456. The molecule has 0 spiro atoms. The van der Waals surface area contributed by atoms with E-state index in [1.807, 2.05) is 0 Å². The normalized spacial score (nSPS) is 13.8. The summed E-state index contributed by atoms with van der Waals surface area (Å²) in [4.78, 5) is 17.0. The zero-order valence-electron chi connectivity index (χ0n) is 16.0. The van der Waals surface area contributed by atoms with Gasteiger partial charge in [0.05, 0.1) is 16.8 Å². The molecule has 0 amide bonds. The van der Waals surface area contributed by atoms with Crippen LogP contribution in [-0.4, -0.2) is 22.5 Å². The van der Waals surface area contributed by atoms with Crippen LogP contribution in [0.3, 0.4) is 0 Å². The van der Waals surface area contributed by atoms with E-state index in [1.54, 1.807) is 37.3 Å². The first-order chi connectivity index (χ1) is 14.3. The summed E-state index contributed by atoms with van der Waals surface area (Å²) >= 11 is 0. The lowest BCUT2D eigenvalue weighted by molar-refractivity contribution is -0.274. The lowest BCUT2D eigenvalue weighted by Crippen LogP contribution is -2.25. The van der Waals surface area contributed by atoms with E-state index in [1.165, 1.54) is 10.6 Å². The number of nitrogens with one attached hydrogen (secondary N) is 1. The molecule has 30 heavy (non-hydrogen) atoms. The molecular weight excluding hydrogens is 397 g/mol. The van der Waals surface area contributed by atoms with Crippen LogP contribution in [0.15, 0.2) is 41.2 Å². The zero-order chi connectivity index (χ0) is 21.5. The van der Waals surface area contributed by atoms with Gasteiger partial charge in [-0.3, -0.25) is 4.57 Å². The van der Waals surface area contributed by atoms with Gasteiger partial charge in [-0.05, 0) is 43.4 Å². The molecular formula is C21H17F3N4O2. The smallest absolute Gasteiger partial charge is 0.404 e. The van der Waals surface area contributed by atoms with E-state index >= 15 is 0 Å². The number of halogens is 3. The molecule has 1 saturated carbocycles. The minimum Gasteiger partial charge on any atom is -0.404 e. The van der Waals surface area contributed by atoms with Crippen molar-refractivity contribution in [2.45, 2.75) is 26.1 Å². The number of aromatic nitrogens is 2. The minimum atomic E-state index is -4.98. The van der Waals surface area contributed by atoms with Crippen molar-refractivity contribution in [3.05, 3.63) is 58.0 Å². The fraction of sp³-hybridized carbons (Fsp3) is 0.286. The van der Waals surface area contributed by atoms with Crippen LogP contribution in [0.5, 0.6) is 5.75 Å². The van der Waals surface area contributed by atoms with Gasteiger partial charge in [-0.1, -0.05) is 18.2 Å². The molecule has 1 heterocycles. The first-order valence-corrected chi connectivity index (χ1v) is 9.33. The minimum absolute atomic E-state index is 0.167.